The smallest absolute Gasteiger partial charge is 0.0960 e. The van der Waals surface area contributed by atoms with Gasteiger partial charge in [-0.3, -0.25) is 0 Å². The van der Waals surface area contributed by atoms with Gasteiger partial charge in [0.25, 0.3) is 0 Å². The average molecular weight is 296 g/mol. The molecule has 3 rings (SSSR count). The second-order valence-electron chi connectivity index (χ2n) is 5.58. The van der Waals surface area contributed by atoms with Gasteiger partial charge in [0.15, 0.2) is 0 Å². The number of fused-ring (bicyclic) bond motifs is 1. The first kappa shape index (κ1) is 14.2. The van der Waals surface area contributed by atoms with Gasteiger partial charge in [-0.2, -0.15) is 0 Å². The van der Waals surface area contributed by atoms with Crippen LogP contribution in [0.15, 0.2) is 42.5 Å². The third kappa shape index (κ3) is 2.85. The second-order valence-corrected chi connectivity index (χ2v) is 6.69. The van der Waals surface area contributed by atoms with Crippen molar-refractivity contribution in [2.45, 2.75) is 26.2 Å². The summed E-state index contributed by atoms with van der Waals surface area (Å²) < 4.78 is 0. The summed E-state index contributed by atoms with van der Waals surface area (Å²) in [5, 5.41) is 3.72. The fraction of sp³-hybridized carbons (Fsp3) is 0.278. The third-order valence-electron chi connectivity index (χ3n) is 3.60. The second kappa shape index (κ2) is 5.96. The number of hydrogen-bond acceptors (Lipinski definition) is 3. The van der Waals surface area contributed by atoms with Gasteiger partial charge in [-0.1, -0.05) is 50.2 Å². The van der Waals surface area contributed by atoms with Crippen molar-refractivity contribution < 1.29 is 0 Å². The van der Waals surface area contributed by atoms with Crippen molar-refractivity contribution in [3.05, 3.63) is 52.3 Å². The molecule has 1 heterocycles. The van der Waals surface area contributed by atoms with Crippen LogP contribution in [-0.4, -0.2) is 11.5 Å². The molecule has 0 unspecified atom stereocenters. The molecule has 0 aliphatic rings. The zero-order valence-corrected chi connectivity index (χ0v) is 13.3. The summed E-state index contributed by atoms with van der Waals surface area (Å²) in [5.41, 5.74) is 8.07. The van der Waals surface area contributed by atoms with E-state index in [1.165, 1.54) is 26.2 Å². The highest BCUT2D eigenvalue weighted by Crippen LogP contribution is 2.33. The lowest BCUT2D eigenvalue weighted by Crippen LogP contribution is -2.02. The maximum atomic E-state index is 5.76. The van der Waals surface area contributed by atoms with Crippen LogP contribution in [0, 0.1) is 0 Å². The highest BCUT2D eigenvalue weighted by Gasteiger charge is 2.14. The minimum atomic E-state index is 0.459. The molecular weight excluding hydrogens is 276 g/mol. The van der Waals surface area contributed by atoms with Gasteiger partial charge in [-0.25, -0.2) is 4.98 Å². The molecule has 0 fully saturated rings. The van der Waals surface area contributed by atoms with Crippen molar-refractivity contribution in [3.8, 4) is 11.3 Å². The molecule has 0 spiro atoms. The van der Waals surface area contributed by atoms with Crippen LogP contribution in [-0.2, 0) is 6.42 Å². The molecule has 0 radical (unpaired) electrons. The van der Waals surface area contributed by atoms with E-state index in [1.807, 2.05) is 0 Å². The zero-order chi connectivity index (χ0) is 14.8. The van der Waals surface area contributed by atoms with Gasteiger partial charge in [0.05, 0.1) is 10.7 Å². The monoisotopic (exact) mass is 296 g/mol. The summed E-state index contributed by atoms with van der Waals surface area (Å²) in [4.78, 5) is 6.17. The largest absolute Gasteiger partial charge is 0.330 e. The summed E-state index contributed by atoms with van der Waals surface area (Å²) in [7, 11) is 0. The first-order valence-corrected chi connectivity index (χ1v) is 8.19. The van der Waals surface area contributed by atoms with E-state index < -0.39 is 0 Å². The average Bonchev–Trinajstić information content (AvgIpc) is 2.91. The molecule has 0 amide bonds. The van der Waals surface area contributed by atoms with Crippen LogP contribution in [0.3, 0.4) is 0 Å². The molecule has 0 bridgehead atoms. The lowest BCUT2D eigenvalue weighted by atomic mass is 10.0. The Morgan fingerprint density at radius 1 is 1.10 bits per heavy atom. The fourth-order valence-corrected chi connectivity index (χ4v) is 3.58. The Morgan fingerprint density at radius 2 is 1.86 bits per heavy atom. The Morgan fingerprint density at radius 3 is 2.57 bits per heavy atom. The van der Waals surface area contributed by atoms with E-state index in [4.69, 9.17) is 10.7 Å². The summed E-state index contributed by atoms with van der Waals surface area (Å²) >= 11 is 1.80. The molecule has 3 heteroatoms. The van der Waals surface area contributed by atoms with Crippen LogP contribution in [0.25, 0.3) is 22.0 Å². The van der Waals surface area contributed by atoms with Gasteiger partial charge in [0, 0.05) is 16.4 Å². The van der Waals surface area contributed by atoms with Crippen LogP contribution < -0.4 is 5.73 Å². The number of aromatic nitrogens is 1. The Labute approximate surface area is 129 Å². The quantitative estimate of drug-likeness (QED) is 0.765. The molecule has 0 aliphatic carbocycles. The maximum Gasteiger partial charge on any atom is 0.0960 e. The Kier molecular flexibility index (Phi) is 4.04. The van der Waals surface area contributed by atoms with Gasteiger partial charge >= 0.3 is 0 Å². The molecule has 2 aromatic carbocycles. The van der Waals surface area contributed by atoms with Crippen molar-refractivity contribution in [2.24, 2.45) is 5.73 Å². The number of benzene rings is 2. The van der Waals surface area contributed by atoms with E-state index in [-0.39, 0.29) is 0 Å². The predicted molar refractivity (Wildman–Crippen MR) is 91.9 cm³/mol. The van der Waals surface area contributed by atoms with E-state index in [2.05, 4.69) is 56.3 Å². The van der Waals surface area contributed by atoms with Crippen molar-refractivity contribution in [3.63, 3.8) is 0 Å². The Hall–Kier alpha value is -1.71. The van der Waals surface area contributed by atoms with E-state index in [1.54, 1.807) is 11.3 Å². The highest BCUT2D eigenvalue weighted by atomic mass is 32.1. The molecule has 0 saturated carbocycles. The molecule has 0 atom stereocenters. The Bertz CT molecular complexity index is 759. The summed E-state index contributed by atoms with van der Waals surface area (Å²) in [5.74, 6) is 0.459. The fourth-order valence-electron chi connectivity index (χ4n) is 2.48. The van der Waals surface area contributed by atoms with Crippen LogP contribution in [0.1, 0.15) is 29.7 Å². The lowest BCUT2D eigenvalue weighted by molar-refractivity contribution is 0.853. The Balaban J connectivity index is 2.11. The van der Waals surface area contributed by atoms with E-state index in [9.17, 15) is 0 Å². The SMILES string of the molecule is CC(C)c1nc(-c2ccc3ccccc3c2)c(CCN)s1. The van der Waals surface area contributed by atoms with E-state index in [0.29, 0.717) is 12.5 Å². The summed E-state index contributed by atoms with van der Waals surface area (Å²) in [6.07, 6.45) is 0.895. The van der Waals surface area contributed by atoms with Crippen molar-refractivity contribution in [1.29, 1.82) is 0 Å². The molecular formula is C18H20N2S. The molecule has 2 N–H and O–H groups in total. The standard InChI is InChI=1S/C18H20N2S/c1-12(2)18-20-17(16(21-18)9-10-19)15-8-7-13-5-3-4-6-14(13)11-15/h3-8,11-12H,9-10,19H2,1-2H3. The molecule has 108 valence electrons. The number of nitrogens with two attached hydrogens (primary N) is 1. The van der Waals surface area contributed by atoms with Gasteiger partial charge in [-0.05, 0) is 29.8 Å². The number of hydrogen-bond donors (Lipinski definition) is 1. The van der Waals surface area contributed by atoms with Gasteiger partial charge in [0.2, 0.25) is 0 Å². The van der Waals surface area contributed by atoms with Crippen LogP contribution in [0.4, 0.5) is 0 Å². The molecule has 2 nitrogen and oxygen atoms in total. The highest BCUT2D eigenvalue weighted by molar-refractivity contribution is 7.12. The van der Waals surface area contributed by atoms with E-state index in [0.717, 1.165) is 12.1 Å². The van der Waals surface area contributed by atoms with Crippen molar-refractivity contribution >= 4 is 22.1 Å². The minimum Gasteiger partial charge on any atom is -0.330 e. The molecule has 0 saturated heterocycles. The first-order chi connectivity index (χ1) is 10.2. The number of nitrogens with zero attached hydrogens (tertiary/aromatic N) is 1. The normalized spacial score (nSPS) is 11.4. The summed E-state index contributed by atoms with van der Waals surface area (Å²) in [6, 6.07) is 15.0. The molecule has 0 aliphatic heterocycles. The van der Waals surface area contributed by atoms with Crippen LogP contribution in [0.5, 0.6) is 0 Å². The molecule has 3 aromatic rings. The number of rotatable bonds is 4. The maximum absolute atomic E-state index is 5.76. The third-order valence-corrected chi connectivity index (χ3v) is 5.02. The van der Waals surface area contributed by atoms with Crippen molar-refractivity contribution in [2.75, 3.05) is 6.54 Å². The van der Waals surface area contributed by atoms with Crippen LogP contribution in [0.2, 0.25) is 0 Å². The van der Waals surface area contributed by atoms with Gasteiger partial charge < -0.3 is 5.73 Å². The van der Waals surface area contributed by atoms with E-state index >= 15 is 0 Å². The minimum absolute atomic E-state index is 0.459. The van der Waals surface area contributed by atoms with Gasteiger partial charge in [-0.15, -0.1) is 11.3 Å². The first-order valence-electron chi connectivity index (χ1n) is 7.38. The molecule has 1 aromatic heterocycles. The zero-order valence-electron chi connectivity index (χ0n) is 12.5. The van der Waals surface area contributed by atoms with Crippen LogP contribution >= 0.6 is 11.3 Å². The topological polar surface area (TPSA) is 38.9 Å². The van der Waals surface area contributed by atoms with Crippen molar-refractivity contribution in [1.82, 2.24) is 4.98 Å². The number of thiazole rings is 1. The summed E-state index contributed by atoms with van der Waals surface area (Å²) in [6.45, 7) is 5.05. The predicted octanol–water partition coefficient (Wildman–Crippen LogP) is 4.59. The molecule has 21 heavy (non-hydrogen) atoms. The lowest BCUT2D eigenvalue weighted by Gasteiger charge is -2.04. The van der Waals surface area contributed by atoms with Gasteiger partial charge in [0.1, 0.15) is 0 Å².